The standard InChI is InChI=1S/C16H16N4O5S/c1-8-7-26-15-12(14(22)19(15)11(8)16(23)24)20(18-25)13(21)10(17)9-5-3-2-4-6-9/h2-6,10,12,15H,7,17H2,1H3,(H,23,24)/t10-,12-,15-/m1/s1. The third-order valence-corrected chi connectivity index (χ3v) is 5.75. The van der Waals surface area contributed by atoms with Crippen molar-refractivity contribution in [2.75, 3.05) is 5.75 Å². The monoisotopic (exact) mass is 376 g/mol. The van der Waals surface area contributed by atoms with Crippen LogP contribution in [0.15, 0.2) is 46.9 Å². The van der Waals surface area contributed by atoms with Gasteiger partial charge in [0.05, 0.1) is 5.29 Å². The quantitative estimate of drug-likeness (QED) is 0.442. The molecule has 1 aromatic carbocycles. The first kappa shape index (κ1) is 18.1. The molecule has 2 aliphatic heterocycles. The summed E-state index contributed by atoms with van der Waals surface area (Å²) in [6.45, 7) is 1.62. The van der Waals surface area contributed by atoms with Crippen LogP contribution in [0.3, 0.4) is 0 Å². The van der Waals surface area contributed by atoms with E-state index in [0.29, 0.717) is 21.9 Å². The number of nitrogens with two attached hydrogens (primary N) is 1. The van der Waals surface area contributed by atoms with E-state index in [4.69, 9.17) is 5.73 Å². The molecule has 10 heteroatoms. The number of carbonyl (C=O) groups excluding carboxylic acids is 2. The van der Waals surface area contributed by atoms with Crippen LogP contribution in [0, 0.1) is 4.91 Å². The van der Waals surface area contributed by atoms with E-state index in [-0.39, 0.29) is 5.70 Å². The average Bonchev–Trinajstić information content (AvgIpc) is 2.65. The number of amides is 2. The molecule has 0 saturated carbocycles. The summed E-state index contributed by atoms with van der Waals surface area (Å²) >= 11 is 1.27. The number of nitroso groups, excluding NO2 is 1. The van der Waals surface area contributed by atoms with E-state index in [1.54, 1.807) is 37.3 Å². The van der Waals surface area contributed by atoms with Crippen molar-refractivity contribution in [3.63, 3.8) is 0 Å². The Morgan fingerprint density at radius 1 is 1.38 bits per heavy atom. The molecule has 1 saturated heterocycles. The van der Waals surface area contributed by atoms with Crippen molar-refractivity contribution in [2.24, 2.45) is 11.0 Å². The second-order valence-electron chi connectivity index (χ2n) is 5.94. The molecule has 136 valence electrons. The normalized spacial score (nSPS) is 23.0. The van der Waals surface area contributed by atoms with Crippen molar-refractivity contribution in [3.05, 3.63) is 52.1 Å². The third kappa shape index (κ3) is 2.76. The molecule has 0 bridgehead atoms. The fraction of sp³-hybridized carbons (Fsp3) is 0.312. The van der Waals surface area contributed by atoms with E-state index in [1.165, 1.54) is 11.8 Å². The summed E-state index contributed by atoms with van der Waals surface area (Å²) < 4.78 is 0. The van der Waals surface area contributed by atoms with Crippen LogP contribution >= 0.6 is 11.8 Å². The Morgan fingerprint density at radius 2 is 2.04 bits per heavy atom. The summed E-state index contributed by atoms with van der Waals surface area (Å²) in [5.74, 6) is -2.32. The Hall–Kier alpha value is -2.72. The maximum Gasteiger partial charge on any atom is 0.352 e. The molecule has 3 N–H and O–H groups in total. The third-order valence-electron chi connectivity index (χ3n) is 4.34. The zero-order chi connectivity index (χ0) is 19.0. The topological polar surface area (TPSA) is 133 Å². The first-order valence-electron chi connectivity index (χ1n) is 7.73. The molecule has 0 aliphatic carbocycles. The number of carbonyl (C=O) groups is 3. The second kappa shape index (κ2) is 6.89. The summed E-state index contributed by atoms with van der Waals surface area (Å²) in [4.78, 5) is 48.9. The Balaban J connectivity index is 1.85. The molecular weight excluding hydrogens is 360 g/mol. The van der Waals surface area contributed by atoms with E-state index in [0.717, 1.165) is 4.90 Å². The van der Waals surface area contributed by atoms with Crippen LogP contribution in [-0.2, 0) is 14.4 Å². The number of β-lactam (4-membered cyclic amide) rings is 1. The molecule has 0 radical (unpaired) electrons. The van der Waals surface area contributed by atoms with Gasteiger partial charge in [-0.2, -0.15) is 5.01 Å². The molecular formula is C16H16N4O5S. The lowest BCUT2D eigenvalue weighted by Gasteiger charge is -2.50. The van der Waals surface area contributed by atoms with E-state index < -0.39 is 35.2 Å². The number of thioether (sulfide) groups is 1. The Labute approximate surface area is 152 Å². The van der Waals surface area contributed by atoms with Crippen molar-refractivity contribution in [1.82, 2.24) is 9.91 Å². The summed E-state index contributed by atoms with van der Waals surface area (Å²) in [6, 6.07) is 6.09. The first-order valence-corrected chi connectivity index (χ1v) is 8.78. The fourth-order valence-corrected chi connectivity index (χ4v) is 4.35. The smallest absolute Gasteiger partial charge is 0.352 e. The van der Waals surface area contributed by atoms with Crippen molar-refractivity contribution < 1.29 is 19.5 Å². The highest BCUT2D eigenvalue weighted by atomic mass is 32.2. The maximum atomic E-state index is 12.6. The Kier molecular flexibility index (Phi) is 4.79. The van der Waals surface area contributed by atoms with Gasteiger partial charge in [-0.3, -0.25) is 14.5 Å². The van der Waals surface area contributed by atoms with Gasteiger partial charge in [0.25, 0.3) is 11.8 Å². The highest BCUT2D eigenvalue weighted by molar-refractivity contribution is 8.00. The highest BCUT2D eigenvalue weighted by Crippen LogP contribution is 2.42. The van der Waals surface area contributed by atoms with Crippen molar-refractivity contribution >= 4 is 29.5 Å². The van der Waals surface area contributed by atoms with E-state index in [1.807, 2.05) is 0 Å². The molecule has 2 aliphatic rings. The van der Waals surface area contributed by atoms with Crippen LogP contribution in [0.1, 0.15) is 18.5 Å². The molecule has 9 nitrogen and oxygen atoms in total. The number of fused-ring (bicyclic) bond motifs is 1. The predicted octanol–water partition coefficient (Wildman–Crippen LogP) is 0.839. The Bertz CT molecular complexity index is 812. The van der Waals surface area contributed by atoms with Gasteiger partial charge in [-0.15, -0.1) is 16.7 Å². The van der Waals surface area contributed by atoms with Gasteiger partial charge in [-0.25, -0.2) is 4.79 Å². The van der Waals surface area contributed by atoms with Gasteiger partial charge in [-0.05, 0) is 18.1 Å². The number of carboxylic acid groups (broad SMARTS) is 1. The molecule has 0 unspecified atom stereocenters. The number of aliphatic carboxylic acids is 1. The lowest BCUT2D eigenvalue weighted by atomic mass is 10.0. The van der Waals surface area contributed by atoms with Gasteiger partial charge in [0.1, 0.15) is 17.1 Å². The van der Waals surface area contributed by atoms with Crippen molar-refractivity contribution in [2.45, 2.75) is 24.4 Å². The van der Waals surface area contributed by atoms with Crippen LogP contribution in [0.2, 0.25) is 0 Å². The van der Waals surface area contributed by atoms with Gasteiger partial charge in [0.15, 0.2) is 6.04 Å². The van der Waals surface area contributed by atoms with E-state index in [2.05, 4.69) is 5.29 Å². The van der Waals surface area contributed by atoms with E-state index >= 15 is 0 Å². The summed E-state index contributed by atoms with van der Waals surface area (Å²) in [5.41, 5.74) is 6.83. The number of carboxylic acids is 1. The SMILES string of the molecule is CC1=C(C(=O)O)N2C(=O)[C@@H](N(N=O)C(=O)[C@H](N)c3ccccc3)[C@H]2SC1. The molecule has 26 heavy (non-hydrogen) atoms. The predicted molar refractivity (Wildman–Crippen MR) is 93.2 cm³/mol. The second-order valence-corrected chi connectivity index (χ2v) is 7.05. The summed E-state index contributed by atoms with van der Waals surface area (Å²) in [5, 5.41) is 11.9. The molecule has 0 spiro atoms. The van der Waals surface area contributed by atoms with Crippen LogP contribution in [0.4, 0.5) is 0 Å². The first-order chi connectivity index (χ1) is 12.4. The number of rotatable bonds is 5. The lowest BCUT2D eigenvalue weighted by Crippen LogP contribution is -2.70. The zero-order valence-corrected chi connectivity index (χ0v) is 14.5. The molecule has 2 heterocycles. The van der Waals surface area contributed by atoms with Crippen molar-refractivity contribution in [3.8, 4) is 0 Å². The van der Waals surface area contributed by atoms with Gasteiger partial charge < -0.3 is 10.8 Å². The zero-order valence-electron chi connectivity index (χ0n) is 13.7. The minimum Gasteiger partial charge on any atom is -0.477 e. The van der Waals surface area contributed by atoms with Gasteiger partial charge in [-0.1, -0.05) is 30.3 Å². The summed E-state index contributed by atoms with van der Waals surface area (Å²) in [6.07, 6.45) is 0. The van der Waals surface area contributed by atoms with Gasteiger partial charge >= 0.3 is 5.97 Å². The average molecular weight is 376 g/mol. The molecule has 1 aromatic rings. The molecule has 1 fully saturated rings. The van der Waals surface area contributed by atoms with Crippen LogP contribution in [0.25, 0.3) is 0 Å². The van der Waals surface area contributed by atoms with Crippen LogP contribution in [0.5, 0.6) is 0 Å². The lowest BCUT2D eigenvalue weighted by molar-refractivity contribution is -0.160. The summed E-state index contributed by atoms with van der Waals surface area (Å²) in [7, 11) is 0. The number of nitrogens with zero attached hydrogens (tertiary/aromatic N) is 3. The minimum absolute atomic E-state index is 0.111. The molecule has 3 atom stereocenters. The molecule has 0 aromatic heterocycles. The van der Waals surface area contributed by atoms with Crippen LogP contribution < -0.4 is 5.73 Å². The minimum atomic E-state index is -1.22. The van der Waals surface area contributed by atoms with Gasteiger partial charge in [0.2, 0.25) is 0 Å². The number of hydrogen-bond donors (Lipinski definition) is 2. The highest BCUT2D eigenvalue weighted by Gasteiger charge is 2.58. The van der Waals surface area contributed by atoms with E-state index in [9.17, 15) is 24.4 Å². The largest absolute Gasteiger partial charge is 0.477 e. The fourth-order valence-electron chi connectivity index (χ4n) is 3.02. The molecule has 2 amide bonds. The maximum absolute atomic E-state index is 12.6. The number of benzene rings is 1. The van der Waals surface area contributed by atoms with Crippen LogP contribution in [-0.4, -0.2) is 50.0 Å². The van der Waals surface area contributed by atoms with Gasteiger partial charge in [0, 0.05) is 5.75 Å². The Morgan fingerprint density at radius 3 is 2.62 bits per heavy atom. The number of hydrogen-bond acceptors (Lipinski definition) is 7. The van der Waals surface area contributed by atoms with Crippen molar-refractivity contribution in [1.29, 1.82) is 0 Å². The molecule has 3 rings (SSSR count).